The van der Waals surface area contributed by atoms with E-state index in [0.717, 1.165) is 32.5 Å². The van der Waals surface area contributed by atoms with Crippen LogP contribution in [0.3, 0.4) is 0 Å². The maximum absolute atomic E-state index is 11.0. The van der Waals surface area contributed by atoms with Gasteiger partial charge in [-0.25, -0.2) is 4.79 Å². The fourth-order valence-electron chi connectivity index (χ4n) is 1.27. The highest BCUT2D eigenvalue weighted by Crippen LogP contribution is 1.91. The summed E-state index contributed by atoms with van der Waals surface area (Å²) in [4.78, 5) is 13.4. The number of hydrogen-bond donors (Lipinski definition) is 1. The van der Waals surface area contributed by atoms with Crippen molar-refractivity contribution in [2.24, 2.45) is 0 Å². The van der Waals surface area contributed by atoms with E-state index in [0.29, 0.717) is 13.2 Å². The summed E-state index contributed by atoms with van der Waals surface area (Å²) in [5.74, 6) is 0. The van der Waals surface area contributed by atoms with E-state index in [1.54, 1.807) is 0 Å². The SMILES string of the molecule is CCCNC(=O)OCCCN(CC)CC. The van der Waals surface area contributed by atoms with Crippen LogP contribution >= 0.6 is 0 Å². The van der Waals surface area contributed by atoms with E-state index < -0.39 is 0 Å². The van der Waals surface area contributed by atoms with E-state index in [4.69, 9.17) is 4.74 Å². The quantitative estimate of drug-likeness (QED) is 0.630. The van der Waals surface area contributed by atoms with Crippen molar-refractivity contribution in [3.63, 3.8) is 0 Å². The van der Waals surface area contributed by atoms with Gasteiger partial charge >= 0.3 is 6.09 Å². The Kier molecular flexibility index (Phi) is 9.27. The summed E-state index contributed by atoms with van der Waals surface area (Å²) in [5, 5.41) is 2.67. The van der Waals surface area contributed by atoms with Crippen LogP contribution < -0.4 is 5.32 Å². The van der Waals surface area contributed by atoms with E-state index >= 15 is 0 Å². The first kappa shape index (κ1) is 14.2. The number of nitrogens with zero attached hydrogens (tertiary/aromatic N) is 1. The molecule has 0 atom stereocenters. The minimum atomic E-state index is -0.295. The predicted octanol–water partition coefficient (Wildman–Crippen LogP) is 1.85. The fourth-order valence-corrected chi connectivity index (χ4v) is 1.27. The van der Waals surface area contributed by atoms with Gasteiger partial charge in [0.05, 0.1) is 6.61 Å². The Morgan fingerprint density at radius 3 is 2.47 bits per heavy atom. The normalized spacial score (nSPS) is 10.4. The van der Waals surface area contributed by atoms with Gasteiger partial charge in [0.1, 0.15) is 0 Å². The lowest BCUT2D eigenvalue weighted by Gasteiger charge is -2.17. The van der Waals surface area contributed by atoms with Gasteiger partial charge in [0.2, 0.25) is 0 Å². The molecule has 4 nitrogen and oxygen atoms in total. The van der Waals surface area contributed by atoms with Gasteiger partial charge in [-0.15, -0.1) is 0 Å². The fraction of sp³-hybridized carbons (Fsp3) is 0.909. The lowest BCUT2D eigenvalue weighted by Crippen LogP contribution is -2.28. The Morgan fingerprint density at radius 2 is 1.93 bits per heavy atom. The molecule has 0 heterocycles. The molecule has 1 N–H and O–H groups in total. The van der Waals surface area contributed by atoms with Crippen molar-refractivity contribution in [1.82, 2.24) is 10.2 Å². The summed E-state index contributed by atoms with van der Waals surface area (Å²) < 4.78 is 5.01. The van der Waals surface area contributed by atoms with Crippen LogP contribution in [0.5, 0.6) is 0 Å². The van der Waals surface area contributed by atoms with Crippen LogP contribution in [-0.2, 0) is 4.74 Å². The maximum atomic E-state index is 11.0. The monoisotopic (exact) mass is 216 g/mol. The van der Waals surface area contributed by atoms with Gasteiger partial charge in [-0.05, 0) is 25.9 Å². The van der Waals surface area contributed by atoms with Crippen LogP contribution in [0, 0.1) is 0 Å². The van der Waals surface area contributed by atoms with Crippen molar-refractivity contribution in [2.75, 3.05) is 32.8 Å². The number of rotatable bonds is 8. The molecule has 0 spiro atoms. The summed E-state index contributed by atoms with van der Waals surface area (Å²) in [6.45, 7) is 10.6. The Balaban J connectivity index is 3.33. The van der Waals surface area contributed by atoms with E-state index in [9.17, 15) is 4.79 Å². The second-order valence-corrected chi connectivity index (χ2v) is 3.44. The molecule has 0 unspecified atom stereocenters. The van der Waals surface area contributed by atoms with Gasteiger partial charge in [0.15, 0.2) is 0 Å². The number of carbonyl (C=O) groups is 1. The van der Waals surface area contributed by atoms with E-state index in [1.165, 1.54) is 0 Å². The molecule has 0 aromatic rings. The van der Waals surface area contributed by atoms with Gasteiger partial charge < -0.3 is 15.0 Å². The van der Waals surface area contributed by atoms with Crippen LogP contribution in [0.4, 0.5) is 4.79 Å². The van der Waals surface area contributed by atoms with Crippen molar-refractivity contribution in [2.45, 2.75) is 33.6 Å². The van der Waals surface area contributed by atoms with Crippen molar-refractivity contribution >= 4 is 6.09 Å². The molecule has 15 heavy (non-hydrogen) atoms. The molecule has 0 fully saturated rings. The Bertz CT molecular complexity index is 159. The smallest absolute Gasteiger partial charge is 0.407 e. The molecule has 0 radical (unpaired) electrons. The van der Waals surface area contributed by atoms with Gasteiger partial charge in [-0.3, -0.25) is 0 Å². The Morgan fingerprint density at radius 1 is 1.27 bits per heavy atom. The number of ether oxygens (including phenoxy) is 1. The third kappa shape index (κ3) is 8.24. The number of amides is 1. The highest BCUT2D eigenvalue weighted by molar-refractivity contribution is 5.66. The zero-order valence-corrected chi connectivity index (χ0v) is 10.2. The number of hydrogen-bond acceptors (Lipinski definition) is 3. The number of alkyl carbamates (subject to hydrolysis) is 1. The average Bonchev–Trinajstić information content (AvgIpc) is 2.26. The first-order valence-corrected chi connectivity index (χ1v) is 5.87. The molecule has 1 amide bonds. The van der Waals surface area contributed by atoms with Gasteiger partial charge in [-0.1, -0.05) is 20.8 Å². The highest BCUT2D eigenvalue weighted by Gasteiger charge is 2.01. The number of carbonyl (C=O) groups excluding carboxylic acids is 1. The Hall–Kier alpha value is -0.770. The van der Waals surface area contributed by atoms with Crippen molar-refractivity contribution in [1.29, 1.82) is 0 Å². The molecule has 0 aliphatic carbocycles. The van der Waals surface area contributed by atoms with Gasteiger partial charge in [0.25, 0.3) is 0 Å². The summed E-state index contributed by atoms with van der Waals surface area (Å²) in [6, 6.07) is 0. The number of nitrogens with one attached hydrogen (secondary N) is 1. The van der Waals surface area contributed by atoms with E-state index in [2.05, 4.69) is 24.1 Å². The molecular formula is C11H24N2O2. The largest absolute Gasteiger partial charge is 0.450 e. The lowest BCUT2D eigenvalue weighted by atomic mass is 10.4. The molecule has 4 heteroatoms. The second kappa shape index (κ2) is 9.77. The zero-order valence-electron chi connectivity index (χ0n) is 10.2. The summed E-state index contributed by atoms with van der Waals surface area (Å²) in [5.41, 5.74) is 0. The Labute approximate surface area is 93.0 Å². The average molecular weight is 216 g/mol. The van der Waals surface area contributed by atoms with Crippen molar-refractivity contribution in [3.05, 3.63) is 0 Å². The van der Waals surface area contributed by atoms with Gasteiger partial charge in [0, 0.05) is 13.1 Å². The molecule has 0 aliphatic rings. The summed E-state index contributed by atoms with van der Waals surface area (Å²) >= 11 is 0. The third-order valence-electron chi connectivity index (χ3n) is 2.27. The summed E-state index contributed by atoms with van der Waals surface area (Å²) in [7, 11) is 0. The lowest BCUT2D eigenvalue weighted by molar-refractivity contribution is 0.139. The van der Waals surface area contributed by atoms with Crippen LogP contribution in [0.1, 0.15) is 33.6 Å². The molecule has 0 rings (SSSR count). The third-order valence-corrected chi connectivity index (χ3v) is 2.27. The summed E-state index contributed by atoms with van der Waals surface area (Å²) in [6.07, 6.45) is 1.55. The molecule has 0 aromatic heterocycles. The van der Waals surface area contributed by atoms with E-state index in [-0.39, 0.29) is 6.09 Å². The van der Waals surface area contributed by atoms with Crippen LogP contribution in [0.25, 0.3) is 0 Å². The zero-order chi connectivity index (χ0) is 11.5. The molecule has 90 valence electrons. The molecular weight excluding hydrogens is 192 g/mol. The molecule has 0 aromatic carbocycles. The first-order chi connectivity index (χ1) is 7.24. The van der Waals surface area contributed by atoms with Gasteiger partial charge in [-0.2, -0.15) is 0 Å². The molecule has 0 saturated heterocycles. The molecule has 0 aliphatic heterocycles. The molecule has 0 saturated carbocycles. The van der Waals surface area contributed by atoms with Crippen molar-refractivity contribution in [3.8, 4) is 0 Å². The van der Waals surface area contributed by atoms with Crippen LogP contribution in [-0.4, -0.2) is 43.8 Å². The standard InChI is InChI=1S/C11H24N2O2/c1-4-8-12-11(14)15-10-7-9-13(5-2)6-3/h4-10H2,1-3H3,(H,12,14). The minimum absolute atomic E-state index is 0.295. The van der Waals surface area contributed by atoms with Crippen molar-refractivity contribution < 1.29 is 9.53 Å². The first-order valence-electron chi connectivity index (χ1n) is 5.87. The predicted molar refractivity (Wildman–Crippen MR) is 62.0 cm³/mol. The van der Waals surface area contributed by atoms with Crippen LogP contribution in [0.15, 0.2) is 0 Å². The van der Waals surface area contributed by atoms with Crippen LogP contribution in [0.2, 0.25) is 0 Å². The highest BCUT2D eigenvalue weighted by atomic mass is 16.5. The minimum Gasteiger partial charge on any atom is -0.450 e. The topological polar surface area (TPSA) is 41.6 Å². The second-order valence-electron chi connectivity index (χ2n) is 3.44. The maximum Gasteiger partial charge on any atom is 0.407 e. The molecule has 0 bridgehead atoms. The van der Waals surface area contributed by atoms with E-state index in [1.807, 2.05) is 6.92 Å².